The van der Waals surface area contributed by atoms with E-state index in [-0.39, 0.29) is 6.61 Å². The second-order valence-electron chi connectivity index (χ2n) is 5.79. The number of hydrogen-bond acceptors (Lipinski definition) is 7. The number of aryl methyl sites for hydroxylation is 1. The van der Waals surface area contributed by atoms with Gasteiger partial charge in [0.1, 0.15) is 18.1 Å². The van der Waals surface area contributed by atoms with Crippen LogP contribution in [0.3, 0.4) is 0 Å². The highest BCUT2D eigenvalue weighted by Gasteiger charge is 2.27. The van der Waals surface area contributed by atoms with Crippen LogP contribution in [0.1, 0.15) is 11.5 Å². The minimum absolute atomic E-state index is 0.00471. The molecule has 0 bridgehead atoms. The molecule has 1 aromatic carbocycles. The van der Waals surface area contributed by atoms with E-state index in [1.54, 1.807) is 43.3 Å². The highest BCUT2D eigenvalue weighted by Crippen LogP contribution is 2.30. The number of amides is 2. The molecular weight excluding hydrogens is 368 g/mol. The maximum Gasteiger partial charge on any atom is 0.331 e. The van der Waals surface area contributed by atoms with Gasteiger partial charge in [-0.25, -0.2) is 4.79 Å². The molecule has 1 aliphatic heterocycles. The van der Waals surface area contributed by atoms with Gasteiger partial charge in [0.15, 0.2) is 18.1 Å². The Morgan fingerprint density at radius 3 is 2.68 bits per heavy atom. The van der Waals surface area contributed by atoms with E-state index in [0.717, 1.165) is 6.08 Å². The molecule has 28 heavy (non-hydrogen) atoms. The molecule has 1 atom stereocenters. The summed E-state index contributed by atoms with van der Waals surface area (Å²) in [5.74, 6) is 0.147. The van der Waals surface area contributed by atoms with E-state index in [2.05, 4.69) is 10.9 Å². The molecule has 0 radical (unpaired) electrons. The molecule has 2 heterocycles. The van der Waals surface area contributed by atoms with Crippen LogP contribution >= 0.6 is 0 Å². The molecule has 2 aromatic rings. The average Bonchev–Trinajstić information content (AvgIpc) is 3.13. The van der Waals surface area contributed by atoms with Gasteiger partial charge < -0.3 is 18.6 Å². The number of carbonyl (C=O) groups excluding carboxylic acids is 3. The first-order valence-electron chi connectivity index (χ1n) is 8.40. The molecule has 2 amide bonds. The topological polar surface area (TPSA) is 116 Å². The smallest absolute Gasteiger partial charge is 0.331 e. The quantitative estimate of drug-likeness (QED) is 0.450. The van der Waals surface area contributed by atoms with Crippen LogP contribution in [0.2, 0.25) is 0 Å². The number of carbonyl (C=O) groups is 3. The summed E-state index contributed by atoms with van der Waals surface area (Å²) in [4.78, 5) is 35.3. The molecule has 2 N–H and O–H groups in total. The van der Waals surface area contributed by atoms with E-state index in [1.165, 1.54) is 6.08 Å². The number of hydrogen-bond donors (Lipinski definition) is 2. The Hall–Kier alpha value is -3.75. The molecule has 9 nitrogen and oxygen atoms in total. The maximum absolute atomic E-state index is 12.1. The molecule has 0 saturated carbocycles. The summed E-state index contributed by atoms with van der Waals surface area (Å²) in [6, 6.07) is 10.4. The summed E-state index contributed by atoms with van der Waals surface area (Å²) in [5.41, 5.74) is 4.34. The second kappa shape index (κ2) is 8.76. The average molecular weight is 386 g/mol. The molecule has 1 aliphatic rings. The third-order valence-electron chi connectivity index (χ3n) is 3.62. The number of fused-ring (bicyclic) bond motifs is 1. The third kappa shape index (κ3) is 5.13. The molecule has 0 saturated heterocycles. The summed E-state index contributed by atoms with van der Waals surface area (Å²) in [6.45, 7) is 1.22. The number of hydrazine groups is 1. The fourth-order valence-electron chi connectivity index (χ4n) is 2.27. The van der Waals surface area contributed by atoms with Crippen molar-refractivity contribution < 1.29 is 33.0 Å². The summed E-state index contributed by atoms with van der Waals surface area (Å²) < 4.78 is 21.0. The van der Waals surface area contributed by atoms with Crippen LogP contribution in [-0.4, -0.2) is 37.1 Å². The number of ether oxygens (including phenoxy) is 3. The molecule has 0 fully saturated rings. The standard InChI is InChI=1S/C19H18N2O7/c1-12-6-7-13(27-12)8-9-18(23)26-11-17(22)20-21-19(24)16-10-25-14-4-2-3-5-15(14)28-16/h2-9,16H,10-11H2,1H3,(H,20,22)(H,21,24)/b9-8+. The molecule has 9 heteroatoms. The summed E-state index contributed by atoms with van der Waals surface area (Å²) >= 11 is 0. The highest BCUT2D eigenvalue weighted by molar-refractivity contribution is 5.90. The van der Waals surface area contributed by atoms with Crippen LogP contribution in [-0.2, 0) is 19.1 Å². The Kier molecular flexibility index (Phi) is 5.95. The van der Waals surface area contributed by atoms with Crippen molar-refractivity contribution in [3.05, 3.63) is 54.0 Å². The number of furan rings is 1. The Morgan fingerprint density at radius 1 is 1.14 bits per heavy atom. The van der Waals surface area contributed by atoms with Crippen molar-refractivity contribution in [1.82, 2.24) is 10.9 Å². The number of rotatable bonds is 5. The van der Waals surface area contributed by atoms with Gasteiger partial charge >= 0.3 is 5.97 Å². The molecule has 146 valence electrons. The Morgan fingerprint density at radius 2 is 1.93 bits per heavy atom. The van der Waals surface area contributed by atoms with Crippen LogP contribution in [0.4, 0.5) is 0 Å². The van der Waals surface area contributed by atoms with Crippen molar-refractivity contribution in [2.45, 2.75) is 13.0 Å². The lowest BCUT2D eigenvalue weighted by Crippen LogP contribution is -2.51. The fraction of sp³-hybridized carbons (Fsp3) is 0.211. The van der Waals surface area contributed by atoms with Gasteiger partial charge in [-0.3, -0.25) is 20.4 Å². The van der Waals surface area contributed by atoms with Crippen molar-refractivity contribution in [2.24, 2.45) is 0 Å². The molecule has 0 aliphatic carbocycles. The van der Waals surface area contributed by atoms with Crippen molar-refractivity contribution in [2.75, 3.05) is 13.2 Å². The molecule has 1 aromatic heterocycles. The van der Waals surface area contributed by atoms with Crippen molar-refractivity contribution in [1.29, 1.82) is 0 Å². The van der Waals surface area contributed by atoms with E-state index >= 15 is 0 Å². The molecule has 0 spiro atoms. The number of para-hydroxylation sites is 2. The van der Waals surface area contributed by atoms with Gasteiger partial charge in [-0.2, -0.15) is 0 Å². The van der Waals surface area contributed by atoms with Crippen molar-refractivity contribution in [3.8, 4) is 11.5 Å². The van der Waals surface area contributed by atoms with Gasteiger partial charge in [0.05, 0.1) is 0 Å². The van der Waals surface area contributed by atoms with E-state index in [4.69, 9.17) is 18.6 Å². The first kappa shape index (κ1) is 19.0. The van der Waals surface area contributed by atoms with Gasteiger partial charge in [-0.1, -0.05) is 12.1 Å². The van der Waals surface area contributed by atoms with Crippen LogP contribution < -0.4 is 20.3 Å². The van der Waals surface area contributed by atoms with Crippen molar-refractivity contribution in [3.63, 3.8) is 0 Å². The number of benzene rings is 1. The van der Waals surface area contributed by atoms with Crippen LogP contribution in [0, 0.1) is 6.92 Å². The Labute approximate surface area is 160 Å². The predicted octanol–water partition coefficient (Wildman–Crippen LogP) is 1.13. The minimum Gasteiger partial charge on any atom is -0.485 e. The predicted molar refractivity (Wildman–Crippen MR) is 96.1 cm³/mol. The highest BCUT2D eigenvalue weighted by atomic mass is 16.6. The third-order valence-corrected chi connectivity index (χ3v) is 3.62. The lowest BCUT2D eigenvalue weighted by molar-refractivity contribution is -0.145. The normalized spacial score (nSPS) is 15.1. The van der Waals surface area contributed by atoms with E-state index in [1.807, 2.05) is 0 Å². The summed E-state index contributed by atoms with van der Waals surface area (Å²) in [7, 11) is 0. The van der Waals surface area contributed by atoms with Gasteiger partial charge in [-0.05, 0) is 37.3 Å². The molecular formula is C19H18N2O7. The Balaban J connectivity index is 1.38. The summed E-state index contributed by atoms with van der Waals surface area (Å²) in [6.07, 6.45) is 1.64. The van der Waals surface area contributed by atoms with Gasteiger partial charge in [-0.15, -0.1) is 0 Å². The largest absolute Gasteiger partial charge is 0.485 e. The minimum atomic E-state index is -0.919. The van der Waals surface area contributed by atoms with E-state index in [9.17, 15) is 14.4 Å². The monoisotopic (exact) mass is 386 g/mol. The van der Waals surface area contributed by atoms with E-state index in [0.29, 0.717) is 23.0 Å². The maximum atomic E-state index is 12.1. The lowest BCUT2D eigenvalue weighted by atomic mass is 10.2. The zero-order valence-corrected chi connectivity index (χ0v) is 15.0. The van der Waals surface area contributed by atoms with E-state index < -0.39 is 30.5 Å². The fourth-order valence-corrected chi connectivity index (χ4v) is 2.27. The van der Waals surface area contributed by atoms with Crippen LogP contribution in [0.15, 0.2) is 46.9 Å². The van der Waals surface area contributed by atoms with Gasteiger partial charge in [0.2, 0.25) is 6.10 Å². The van der Waals surface area contributed by atoms with Crippen LogP contribution in [0.25, 0.3) is 6.08 Å². The first-order chi connectivity index (χ1) is 13.5. The van der Waals surface area contributed by atoms with Crippen molar-refractivity contribution >= 4 is 23.9 Å². The second-order valence-corrected chi connectivity index (χ2v) is 5.79. The zero-order chi connectivity index (χ0) is 19.9. The SMILES string of the molecule is Cc1ccc(/C=C/C(=O)OCC(=O)NNC(=O)C2COc3ccccc3O2)o1. The number of esters is 1. The Bertz CT molecular complexity index is 903. The summed E-state index contributed by atoms with van der Waals surface area (Å²) in [5, 5.41) is 0. The van der Waals surface area contributed by atoms with Gasteiger partial charge in [0, 0.05) is 6.08 Å². The number of nitrogens with one attached hydrogen (secondary N) is 2. The molecule has 1 unspecified atom stereocenters. The lowest BCUT2D eigenvalue weighted by Gasteiger charge is -2.25. The van der Waals surface area contributed by atoms with Crippen LogP contribution in [0.5, 0.6) is 11.5 Å². The van der Waals surface area contributed by atoms with Gasteiger partial charge in [0.25, 0.3) is 11.8 Å². The molecule has 3 rings (SSSR count). The zero-order valence-electron chi connectivity index (χ0n) is 15.0. The first-order valence-corrected chi connectivity index (χ1v) is 8.40.